The lowest BCUT2D eigenvalue weighted by atomic mass is 10.1. The highest BCUT2D eigenvalue weighted by atomic mass is 32.2. The van der Waals surface area contributed by atoms with E-state index in [4.69, 9.17) is 4.74 Å². The molecule has 1 fully saturated rings. The number of para-hydroxylation sites is 1. The quantitative estimate of drug-likeness (QED) is 0.846. The summed E-state index contributed by atoms with van der Waals surface area (Å²) in [4.78, 5) is 0. The van der Waals surface area contributed by atoms with Gasteiger partial charge in [-0.3, -0.25) is 0 Å². The third-order valence-electron chi connectivity index (χ3n) is 2.66. The van der Waals surface area contributed by atoms with Gasteiger partial charge in [-0.25, -0.2) is 0 Å². The van der Waals surface area contributed by atoms with Crippen LogP contribution in [0.2, 0.25) is 0 Å². The van der Waals surface area contributed by atoms with Crippen LogP contribution in [0, 0.1) is 0 Å². The lowest BCUT2D eigenvalue weighted by Gasteiger charge is -2.23. The van der Waals surface area contributed by atoms with Gasteiger partial charge in [-0.2, -0.15) is 11.8 Å². The fourth-order valence-electron chi connectivity index (χ4n) is 1.89. The van der Waals surface area contributed by atoms with Gasteiger partial charge < -0.3 is 10.1 Å². The SMILES string of the molecule is COc1ccccc1CC1CSCCN1. The smallest absolute Gasteiger partial charge is 0.122 e. The number of nitrogens with one attached hydrogen (secondary N) is 1. The minimum Gasteiger partial charge on any atom is -0.496 e. The molecule has 0 aromatic heterocycles. The van der Waals surface area contributed by atoms with Crippen molar-refractivity contribution in [1.29, 1.82) is 0 Å². The topological polar surface area (TPSA) is 21.3 Å². The second-order valence-corrected chi connectivity index (χ2v) is 4.89. The van der Waals surface area contributed by atoms with Crippen LogP contribution in [-0.2, 0) is 6.42 Å². The summed E-state index contributed by atoms with van der Waals surface area (Å²) in [6, 6.07) is 8.88. The number of thioether (sulfide) groups is 1. The van der Waals surface area contributed by atoms with Crippen LogP contribution >= 0.6 is 11.8 Å². The summed E-state index contributed by atoms with van der Waals surface area (Å²) in [5.74, 6) is 3.45. The van der Waals surface area contributed by atoms with Crippen molar-refractivity contribution < 1.29 is 4.74 Å². The maximum Gasteiger partial charge on any atom is 0.122 e. The minimum atomic E-state index is 0.597. The lowest BCUT2D eigenvalue weighted by molar-refractivity contribution is 0.406. The molecule has 3 heteroatoms. The van der Waals surface area contributed by atoms with E-state index in [2.05, 4.69) is 17.4 Å². The van der Waals surface area contributed by atoms with Crippen molar-refractivity contribution in [3.05, 3.63) is 29.8 Å². The monoisotopic (exact) mass is 223 g/mol. The van der Waals surface area contributed by atoms with Crippen LogP contribution in [0.25, 0.3) is 0 Å². The molecule has 2 nitrogen and oxygen atoms in total. The maximum atomic E-state index is 5.35. The summed E-state index contributed by atoms with van der Waals surface area (Å²) in [6.07, 6.45) is 1.07. The molecule has 0 bridgehead atoms. The van der Waals surface area contributed by atoms with Crippen LogP contribution in [0.3, 0.4) is 0 Å². The number of benzene rings is 1. The molecule has 1 atom stereocenters. The molecule has 1 aromatic carbocycles. The van der Waals surface area contributed by atoms with E-state index in [1.165, 1.54) is 17.1 Å². The number of rotatable bonds is 3. The summed E-state index contributed by atoms with van der Waals surface area (Å²) in [5, 5.41) is 3.54. The first-order valence-electron chi connectivity index (χ1n) is 5.33. The van der Waals surface area contributed by atoms with E-state index in [1.807, 2.05) is 23.9 Å². The number of hydrogen-bond acceptors (Lipinski definition) is 3. The van der Waals surface area contributed by atoms with Crippen LogP contribution in [-0.4, -0.2) is 31.2 Å². The maximum absolute atomic E-state index is 5.35. The Bertz CT molecular complexity index is 310. The average molecular weight is 223 g/mol. The van der Waals surface area contributed by atoms with Gasteiger partial charge in [0.15, 0.2) is 0 Å². The van der Waals surface area contributed by atoms with E-state index >= 15 is 0 Å². The van der Waals surface area contributed by atoms with Gasteiger partial charge in [0.2, 0.25) is 0 Å². The molecule has 15 heavy (non-hydrogen) atoms. The van der Waals surface area contributed by atoms with Gasteiger partial charge in [-0.15, -0.1) is 0 Å². The predicted octanol–water partition coefficient (Wildman–Crippen LogP) is 1.94. The third kappa shape index (κ3) is 2.89. The zero-order valence-corrected chi connectivity index (χ0v) is 9.85. The molecule has 1 aliphatic rings. The second kappa shape index (κ2) is 5.42. The Morgan fingerprint density at radius 3 is 3.07 bits per heavy atom. The first-order chi connectivity index (χ1) is 7.40. The largest absolute Gasteiger partial charge is 0.496 e. The Kier molecular flexibility index (Phi) is 3.92. The number of hydrogen-bond donors (Lipinski definition) is 1. The summed E-state index contributed by atoms with van der Waals surface area (Å²) in [7, 11) is 1.74. The molecule has 1 aromatic rings. The van der Waals surface area contributed by atoms with E-state index < -0.39 is 0 Å². The van der Waals surface area contributed by atoms with Crippen molar-refractivity contribution in [3.63, 3.8) is 0 Å². The van der Waals surface area contributed by atoms with Crippen molar-refractivity contribution in [1.82, 2.24) is 5.32 Å². The molecule has 1 aliphatic heterocycles. The summed E-state index contributed by atoms with van der Waals surface area (Å²) >= 11 is 2.03. The van der Waals surface area contributed by atoms with E-state index in [9.17, 15) is 0 Å². The highest BCUT2D eigenvalue weighted by Crippen LogP contribution is 2.21. The molecule has 1 unspecified atom stereocenters. The summed E-state index contributed by atoms with van der Waals surface area (Å²) < 4.78 is 5.35. The predicted molar refractivity (Wildman–Crippen MR) is 65.8 cm³/mol. The zero-order chi connectivity index (χ0) is 10.5. The van der Waals surface area contributed by atoms with Crippen molar-refractivity contribution in [2.24, 2.45) is 0 Å². The summed E-state index contributed by atoms with van der Waals surface area (Å²) in [5.41, 5.74) is 1.31. The van der Waals surface area contributed by atoms with Crippen molar-refractivity contribution in [3.8, 4) is 5.75 Å². The van der Waals surface area contributed by atoms with Gasteiger partial charge in [0.25, 0.3) is 0 Å². The van der Waals surface area contributed by atoms with Crippen LogP contribution in [0.15, 0.2) is 24.3 Å². The van der Waals surface area contributed by atoms with Crippen molar-refractivity contribution in [2.75, 3.05) is 25.2 Å². The highest BCUT2D eigenvalue weighted by Gasteiger charge is 2.14. The van der Waals surface area contributed by atoms with Crippen molar-refractivity contribution >= 4 is 11.8 Å². The van der Waals surface area contributed by atoms with Crippen LogP contribution < -0.4 is 10.1 Å². The Balaban J connectivity index is 2.02. The van der Waals surface area contributed by atoms with Gasteiger partial charge in [0.1, 0.15) is 5.75 Å². The lowest BCUT2D eigenvalue weighted by Crippen LogP contribution is -2.38. The molecule has 1 saturated heterocycles. The first kappa shape index (κ1) is 10.8. The fraction of sp³-hybridized carbons (Fsp3) is 0.500. The Morgan fingerprint density at radius 1 is 1.47 bits per heavy atom. The van der Waals surface area contributed by atoms with Gasteiger partial charge >= 0.3 is 0 Å². The fourth-order valence-corrected chi connectivity index (χ4v) is 2.84. The standard InChI is InChI=1S/C12H17NOS/c1-14-12-5-3-2-4-10(12)8-11-9-15-7-6-13-11/h2-5,11,13H,6-9H2,1H3. The number of ether oxygens (including phenoxy) is 1. The highest BCUT2D eigenvalue weighted by molar-refractivity contribution is 7.99. The Morgan fingerprint density at radius 2 is 2.33 bits per heavy atom. The molecule has 0 spiro atoms. The first-order valence-corrected chi connectivity index (χ1v) is 6.48. The molecular weight excluding hydrogens is 206 g/mol. The van der Waals surface area contributed by atoms with Crippen LogP contribution in [0.1, 0.15) is 5.56 Å². The van der Waals surface area contributed by atoms with Gasteiger partial charge in [-0.1, -0.05) is 18.2 Å². The van der Waals surface area contributed by atoms with E-state index in [0.717, 1.165) is 18.7 Å². The molecule has 1 heterocycles. The Labute approximate surface area is 95.4 Å². The van der Waals surface area contributed by atoms with Gasteiger partial charge in [0.05, 0.1) is 7.11 Å². The normalized spacial score (nSPS) is 21.3. The third-order valence-corrected chi connectivity index (χ3v) is 3.79. The molecule has 0 radical (unpaired) electrons. The van der Waals surface area contributed by atoms with E-state index in [1.54, 1.807) is 7.11 Å². The molecule has 2 rings (SSSR count). The molecule has 82 valence electrons. The number of methoxy groups -OCH3 is 1. The molecular formula is C12H17NOS. The van der Waals surface area contributed by atoms with Crippen molar-refractivity contribution in [2.45, 2.75) is 12.5 Å². The minimum absolute atomic E-state index is 0.597. The second-order valence-electron chi connectivity index (χ2n) is 3.74. The molecule has 0 aliphatic carbocycles. The van der Waals surface area contributed by atoms with Gasteiger partial charge in [0, 0.05) is 24.1 Å². The van der Waals surface area contributed by atoms with Gasteiger partial charge in [-0.05, 0) is 18.1 Å². The van der Waals surface area contributed by atoms with Crippen LogP contribution in [0.5, 0.6) is 5.75 Å². The zero-order valence-electron chi connectivity index (χ0n) is 9.03. The Hall–Kier alpha value is -0.670. The summed E-state index contributed by atoms with van der Waals surface area (Å²) in [6.45, 7) is 1.13. The molecule has 1 N–H and O–H groups in total. The molecule has 0 amide bonds. The van der Waals surface area contributed by atoms with Crippen LogP contribution in [0.4, 0.5) is 0 Å². The molecule has 0 saturated carbocycles. The average Bonchev–Trinajstić information content (AvgIpc) is 2.31. The van der Waals surface area contributed by atoms with E-state index in [-0.39, 0.29) is 0 Å². The van der Waals surface area contributed by atoms with E-state index in [0.29, 0.717) is 6.04 Å².